The third-order valence-electron chi connectivity index (χ3n) is 3.80. The van der Waals surface area contributed by atoms with Crippen LogP contribution in [-0.4, -0.2) is 25.1 Å². The number of thiazole rings is 1. The maximum Gasteiger partial charge on any atom is 0.185 e. The van der Waals surface area contributed by atoms with E-state index in [0.29, 0.717) is 6.04 Å². The summed E-state index contributed by atoms with van der Waals surface area (Å²) in [6.07, 6.45) is 5.63. The van der Waals surface area contributed by atoms with Crippen LogP contribution >= 0.6 is 11.3 Å². The van der Waals surface area contributed by atoms with Crippen LogP contribution in [0.3, 0.4) is 0 Å². The van der Waals surface area contributed by atoms with Crippen molar-refractivity contribution in [1.82, 2.24) is 10.3 Å². The van der Waals surface area contributed by atoms with Gasteiger partial charge in [0.15, 0.2) is 5.13 Å². The van der Waals surface area contributed by atoms with Crippen LogP contribution in [0.4, 0.5) is 5.13 Å². The van der Waals surface area contributed by atoms with Crippen molar-refractivity contribution >= 4 is 16.5 Å². The number of nitrogens with one attached hydrogen (secondary N) is 1. The van der Waals surface area contributed by atoms with Gasteiger partial charge in [-0.2, -0.15) is 0 Å². The van der Waals surface area contributed by atoms with Crippen molar-refractivity contribution in [3.05, 3.63) is 11.1 Å². The van der Waals surface area contributed by atoms with Crippen LogP contribution in [0.15, 0.2) is 5.38 Å². The molecule has 0 spiro atoms. The third kappa shape index (κ3) is 3.45. The quantitative estimate of drug-likeness (QED) is 0.856. The van der Waals surface area contributed by atoms with Gasteiger partial charge in [-0.25, -0.2) is 4.98 Å². The van der Waals surface area contributed by atoms with Gasteiger partial charge < -0.3 is 10.2 Å². The Morgan fingerprint density at radius 3 is 2.89 bits per heavy atom. The molecule has 1 saturated carbocycles. The number of aromatic nitrogens is 1. The predicted octanol–water partition coefficient (Wildman–Crippen LogP) is 3.44. The molecule has 1 unspecified atom stereocenters. The Labute approximate surface area is 115 Å². The van der Waals surface area contributed by atoms with Crippen molar-refractivity contribution in [1.29, 1.82) is 0 Å². The lowest BCUT2D eigenvalue weighted by atomic mass is 10.1. The van der Waals surface area contributed by atoms with E-state index in [1.165, 1.54) is 43.1 Å². The van der Waals surface area contributed by atoms with Crippen LogP contribution < -0.4 is 10.2 Å². The average Bonchev–Trinajstić information content (AvgIpc) is 2.99. The lowest BCUT2D eigenvalue weighted by Gasteiger charge is -2.20. The van der Waals surface area contributed by atoms with Gasteiger partial charge in [-0.15, -0.1) is 11.3 Å². The molecule has 1 fully saturated rings. The molecular weight excluding hydrogens is 242 g/mol. The number of anilines is 1. The molecule has 0 aromatic carbocycles. The molecule has 3 nitrogen and oxygen atoms in total. The Kier molecular flexibility index (Phi) is 5.01. The van der Waals surface area contributed by atoms with Crippen LogP contribution in [0.25, 0.3) is 0 Å². The van der Waals surface area contributed by atoms with Gasteiger partial charge in [0.1, 0.15) is 0 Å². The normalized spacial score (nSPS) is 18.2. The number of hydrogen-bond acceptors (Lipinski definition) is 4. The Morgan fingerprint density at radius 2 is 2.22 bits per heavy atom. The molecule has 0 radical (unpaired) electrons. The highest BCUT2D eigenvalue weighted by Crippen LogP contribution is 2.28. The van der Waals surface area contributed by atoms with E-state index in [1.807, 2.05) is 0 Å². The third-order valence-corrected chi connectivity index (χ3v) is 4.77. The van der Waals surface area contributed by atoms with Gasteiger partial charge in [0, 0.05) is 25.0 Å². The summed E-state index contributed by atoms with van der Waals surface area (Å²) in [7, 11) is 2.18. The zero-order valence-corrected chi connectivity index (χ0v) is 12.6. The minimum atomic E-state index is 0.361. The molecule has 4 heteroatoms. The molecule has 1 N–H and O–H groups in total. The first kappa shape index (κ1) is 13.8. The van der Waals surface area contributed by atoms with Crippen molar-refractivity contribution in [2.24, 2.45) is 5.92 Å². The summed E-state index contributed by atoms with van der Waals surface area (Å²) in [5.41, 5.74) is 1.18. The molecule has 0 amide bonds. The van der Waals surface area contributed by atoms with Crippen molar-refractivity contribution in [3.63, 3.8) is 0 Å². The minimum Gasteiger partial charge on any atom is -0.351 e. The summed E-state index contributed by atoms with van der Waals surface area (Å²) >= 11 is 1.77. The van der Waals surface area contributed by atoms with Gasteiger partial charge in [-0.05, 0) is 32.2 Å². The Hall–Kier alpha value is -0.610. The summed E-state index contributed by atoms with van der Waals surface area (Å²) in [4.78, 5) is 7.09. The Morgan fingerprint density at radius 1 is 1.50 bits per heavy atom. The molecule has 0 aliphatic heterocycles. The van der Waals surface area contributed by atoms with Gasteiger partial charge in [0.2, 0.25) is 0 Å². The molecule has 18 heavy (non-hydrogen) atoms. The van der Waals surface area contributed by atoms with Crippen molar-refractivity contribution in [3.8, 4) is 0 Å². The summed E-state index contributed by atoms with van der Waals surface area (Å²) in [5.74, 6) is 0.883. The monoisotopic (exact) mass is 267 g/mol. The molecule has 1 heterocycles. The molecule has 0 bridgehead atoms. The van der Waals surface area contributed by atoms with Crippen LogP contribution in [0, 0.1) is 5.92 Å². The molecule has 1 aromatic rings. The number of hydrogen-bond donors (Lipinski definition) is 1. The average molecular weight is 267 g/mol. The van der Waals surface area contributed by atoms with E-state index in [2.05, 4.69) is 36.5 Å². The lowest BCUT2D eigenvalue weighted by molar-refractivity contribution is 0.545. The molecule has 0 saturated heterocycles. The first-order chi connectivity index (χ1) is 8.70. The predicted molar refractivity (Wildman–Crippen MR) is 79.4 cm³/mol. The standard InChI is InChI=1S/C14H25N3S/c1-4-15-11(2)13-10-18-14(16-13)17(3)9-12-7-5-6-8-12/h10-12,15H,4-9H2,1-3H3. The maximum atomic E-state index is 4.75. The second-order valence-electron chi connectivity index (χ2n) is 5.37. The van der Waals surface area contributed by atoms with E-state index in [4.69, 9.17) is 4.98 Å². The maximum absolute atomic E-state index is 4.75. The summed E-state index contributed by atoms with van der Waals surface area (Å²) in [6, 6.07) is 0.361. The second-order valence-corrected chi connectivity index (χ2v) is 6.20. The SMILES string of the molecule is CCNC(C)c1csc(N(C)CC2CCCC2)n1. The van der Waals surface area contributed by atoms with E-state index in [-0.39, 0.29) is 0 Å². The smallest absolute Gasteiger partial charge is 0.185 e. The fourth-order valence-corrected chi connectivity index (χ4v) is 3.62. The van der Waals surface area contributed by atoms with Crippen molar-refractivity contribution in [2.45, 2.75) is 45.6 Å². The van der Waals surface area contributed by atoms with E-state index in [9.17, 15) is 0 Å². The van der Waals surface area contributed by atoms with E-state index in [0.717, 1.165) is 12.5 Å². The Bertz CT molecular complexity index is 358. The highest BCUT2D eigenvalue weighted by Gasteiger charge is 2.19. The van der Waals surface area contributed by atoms with Crippen LogP contribution in [-0.2, 0) is 0 Å². The van der Waals surface area contributed by atoms with E-state index < -0.39 is 0 Å². The molecule has 1 aromatic heterocycles. The zero-order valence-electron chi connectivity index (χ0n) is 11.8. The highest BCUT2D eigenvalue weighted by atomic mass is 32.1. The molecule has 1 aliphatic rings. The van der Waals surface area contributed by atoms with Gasteiger partial charge in [-0.1, -0.05) is 19.8 Å². The molecular formula is C14H25N3S. The van der Waals surface area contributed by atoms with E-state index >= 15 is 0 Å². The molecule has 1 atom stereocenters. The summed E-state index contributed by atoms with van der Waals surface area (Å²) < 4.78 is 0. The number of nitrogens with zero attached hydrogens (tertiary/aromatic N) is 2. The van der Waals surface area contributed by atoms with Gasteiger partial charge in [0.05, 0.1) is 5.69 Å². The largest absolute Gasteiger partial charge is 0.351 e. The zero-order chi connectivity index (χ0) is 13.0. The summed E-state index contributed by atoms with van der Waals surface area (Å²) in [6.45, 7) is 6.48. The topological polar surface area (TPSA) is 28.2 Å². The first-order valence-corrected chi connectivity index (χ1v) is 7.98. The second kappa shape index (κ2) is 6.53. The molecule has 2 rings (SSSR count). The van der Waals surface area contributed by atoms with Crippen LogP contribution in [0.1, 0.15) is 51.3 Å². The molecule has 102 valence electrons. The Balaban J connectivity index is 1.91. The molecule has 1 aliphatic carbocycles. The highest BCUT2D eigenvalue weighted by molar-refractivity contribution is 7.13. The van der Waals surface area contributed by atoms with Crippen molar-refractivity contribution in [2.75, 3.05) is 25.0 Å². The fraction of sp³-hybridized carbons (Fsp3) is 0.786. The summed E-state index contributed by atoms with van der Waals surface area (Å²) in [5, 5.41) is 6.77. The van der Waals surface area contributed by atoms with E-state index in [1.54, 1.807) is 11.3 Å². The lowest BCUT2D eigenvalue weighted by Crippen LogP contribution is -2.24. The van der Waals surface area contributed by atoms with Crippen molar-refractivity contribution < 1.29 is 0 Å². The first-order valence-electron chi connectivity index (χ1n) is 7.10. The van der Waals surface area contributed by atoms with Crippen LogP contribution in [0.2, 0.25) is 0 Å². The number of rotatable bonds is 6. The van der Waals surface area contributed by atoms with Gasteiger partial charge >= 0.3 is 0 Å². The minimum absolute atomic E-state index is 0.361. The fourth-order valence-electron chi connectivity index (χ4n) is 2.72. The van der Waals surface area contributed by atoms with Gasteiger partial charge in [-0.3, -0.25) is 0 Å². The van der Waals surface area contributed by atoms with Crippen LogP contribution in [0.5, 0.6) is 0 Å². The van der Waals surface area contributed by atoms with Gasteiger partial charge in [0.25, 0.3) is 0 Å².